The molecule has 0 unspecified atom stereocenters. The first-order valence-electron chi connectivity index (χ1n) is 10.2. The zero-order valence-corrected chi connectivity index (χ0v) is 19.0. The Labute approximate surface area is 193 Å². The number of carbonyl (C=O) groups excluding carboxylic acids is 2. The Kier molecular flexibility index (Phi) is 5.97. The van der Waals surface area contributed by atoms with Gasteiger partial charge in [0.15, 0.2) is 5.69 Å². The smallest absolute Gasteiger partial charge is 0.267 e. The Morgan fingerprint density at radius 3 is 2.18 bits per heavy atom. The van der Waals surface area contributed by atoms with Gasteiger partial charge in [-0.05, 0) is 51.1 Å². The summed E-state index contributed by atoms with van der Waals surface area (Å²) in [5, 5.41) is 9.92. The van der Waals surface area contributed by atoms with E-state index in [1.807, 2.05) is 13.8 Å². The highest BCUT2D eigenvalue weighted by Crippen LogP contribution is 2.22. The van der Waals surface area contributed by atoms with Crippen LogP contribution in [0.5, 0.6) is 0 Å². The van der Waals surface area contributed by atoms with Crippen molar-refractivity contribution in [1.29, 1.82) is 0 Å². The van der Waals surface area contributed by atoms with Crippen molar-refractivity contribution >= 4 is 34.2 Å². The molecule has 2 aromatic carbocycles. The second-order valence-corrected chi connectivity index (χ2v) is 7.74. The average Bonchev–Trinajstić information content (AvgIpc) is 3.10. The van der Waals surface area contributed by atoms with Crippen LogP contribution in [0.3, 0.4) is 0 Å². The fraction of sp³-hybridized carbons (Fsp3) is 0.174. The predicted octanol–water partition coefficient (Wildman–Crippen LogP) is 2.95. The van der Waals surface area contributed by atoms with Crippen LogP contribution in [-0.2, 0) is 6.54 Å². The number of nitrogens with zero attached hydrogens (tertiary/aromatic N) is 4. The lowest BCUT2D eigenvalue weighted by atomic mass is 10.1. The number of fused-ring (bicyclic) bond motifs is 1. The van der Waals surface area contributed by atoms with Gasteiger partial charge in [0, 0.05) is 17.5 Å². The summed E-state index contributed by atoms with van der Waals surface area (Å²) in [6.45, 7) is 5.75. The molecule has 168 valence electrons. The van der Waals surface area contributed by atoms with Crippen LogP contribution in [0.2, 0.25) is 5.02 Å². The van der Waals surface area contributed by atoms with Crippen molar-refractivity contribution in [2.45, 2.75) is 27.3 Å². The van der Waals surface area contributed by atoms with Gasteiger partial charge in [-0.1, -0.05) is 29.8 Å². The molecule has 33 heavy (non-hydrogen) atoms. The summed E-state index contributed by atoms with van der Waals surface area (Å²) >= 11 is 6.20. The molecule has 9 nitrogen and oxygen atoms in total. The largest absolute Gasteiger partial charge is 0.290 e. The molecule has 0 saturated carbocycles. The molecule has 2 aromatic heterocycles. The maximum Gasteiger partial charge on any atom is 0.290 e. The highest BCUT2D eigenvalue weighted by atomic mass is 35.5. The van der Waals surface area contributed by atoms with E-state index in [1.54, 1.807) is 60.1 Å². The predicted molar refractivity (Wildman–Crippen MR) is 125 cm³/mol. The molecule has 0 aliphatic carbocycles. The first-order valence-corrected chi connectivity index (χ1v) is 10.6. The van der Waals surface area contributed by atoms with Crippen molar-refractivity contribution in [2.75, 3.05) is 0 Å². The number of aromatic nitrogens is 4. The Morgan fingerprint density at radius 1 is 0.939 bits per heavy atom. The van der Waals surface area contributed by atoms with Gasteiger partial charge in [0.1, 0.15) is 0 Å². The maximum atomic E-state index is 12.8. The van der Waals surface area contributed by atoms with E-state index in [4.69, 9.17) is 11.6 Å². The molecule has 0 saturated heterocycles. The molecule has 4 aromatic rings. The Bertz CT molecular complexity index is 1440. The molecular formula is C23H21ClN6O3. The lowest BCUT2D eigenvalue weighted by Gasteiger charge is -2.11. The van der Waals surface area contributed by atoms with Crippen LogP contribution in [0.1, 0.15) is 39.2 Å². The van der Waals surface area contributed by atoms with Crippen LogP contribution in [0.15, 0.2) is 53.3 Å². The van der Waals surface area contributed by atoms with E-state index < -0.39 is 11.8 Å². The summed E-state index contributed by atoms with van der Waals surface area (Å²) in [7, 11) is 0. The Morgan fingerprint density at radius 2 is 1.58 bits per heavy atom. The average molecular weight is 465 g/mol. The fourth-order valence-corrected chi connectivity index (χ4v) is 3.61. The second-order valence-electron chi connectivity index (χ2n) is 7.37. The minimum absolute atomic E-state index is 0.0455. The van der Waals surface area contributed by atoms with E-state index in [0.29, 0.717) is 33.6 Å². The van der Waals surface area contributed by atoms with Crippen LogP contribution in [0.25, 0.3) is 16.5 Å². The molecule has 4 rings (SSSR count). The maximum absolute atomic E-state index is 12.8. The number of hydrogen-bond donors (Lipinski definition) is 2. The Hall–Kier alpha value is -3.98. The summed E-state index contributed by atoms with van der Waals surface area (Å²) in [6, 6.07) is 13.4. The van der Waals surface area contributed by atoms with Crippen molar-refractivity contribution in [3.05, 3.63) is 86.6 Å². The van der Waals surface area contributed by atoms with Gasteiger partial charge in [0.2, 0.25) is 0 Å². The Balaban J connectivity index is 1.51. The number of rotatable bonds is 4. The molecule has 10 heteroatoms. The van der Waals surface area contributed by atoms with Gasteiger partial charge in [-0.2, -0.15) is 10.2 Å². The van der Waals surface area contributed by atoms with Crippen LogP contribution in [-0.4, -0.2) is 31.4 Å². The number of benzene rings is 2. The second kappa shape index (κ2) is 8.87. The van der Waals surface area contributed by atoms with E-state index >= 15 is 0 Å². The van der Waals surface area contributed by atoms with Gasteiger partial charge in [-0.15, -0.1) is 0 Å². The number of hydrogen-bond acceptors (Lipinski definition) is 5. The van der Waals surface area contributed by atoms with Gasteiger partial charge < -0.3 is 0 Å². The van der Waals surface area contributed by atoms with Crippen LogP contribution in [0.4, 0.5) is 0 Å². The van der Waals surface area contributed by atoms with Crippen molar-refractivity contribution in [3.8, 4) is 5.69 Å². The summed E-state index contributed by atoms with van der Waals surface area (Å²) in [6.07, 6.45) is 0. The van der Waals surface area contributed by atoms with Crippen LogP contribution >= 0.6 is 11.6 Å². The van der Waals surface area contributed by atoms with Crippen LogP contribution in [0, 0.1) is 13.8 Å². The van der Waals surface area contributed by atoms with Gasteiger partial charge in [-0.25, -0.2) is 9.36 Å². The number of amides is 2. The third kappa shape index (κ3) is 4.10. The molecule has 0 fully saturated rings. The van der Waals surface area contributed by atoms with Gasteiger partial charge in [-0.3, -0.25) is 25.2 Å². The van der Waals surface area contributed by atoms with E-state index in [2.05, 4.69) is 21.0 Å². The number of halogens is 1. The normalized spacial score (nSPS) is 10.9. The highest BCUT2D eigenvalue weighted by molar-refractivity contribution is 6.31. The third-order valence-corrected chi connectivity index (χ3v) is 5.80. The number of carbonyl (C=O) groups is 2. The van der Waals surface area contributed by atoms with E-state index in [-0.39, 0.29) is 11.3 Å². The van der Waals surface area contributed by atoms with E-state index in [1.165, 1.54) is 4.68 Å². The van der Waals surface area contributed by atoms with Crippen molar-refractivity contribution in [1.82, 2.24) is 30.4 Å². The minimum atomic E-state index is -0.629. The standard InChI is InChI=1S/C23H21ClN6O3/c1-4-29-23(33)18-8-6-5-7-17(18)20(28-29)22(32)26-25-21(31)15-9-11-16(12-10-15)30-14(3)19(24)13(2)27-30/h5-12H,4H2,1-3H3,(H,25,31)(H,26,32). The molecule has 2 amide bonds. The van der Waals surface area contributed by atoms with Crippen molar-refractivity contribution in [2.24, 2.45) is 0 Å². The molecule has 0 spiro atoms. The monoisotopic (exact) mass is 464 g/mol. The molecule has 0 aliphatic heterocycles. The topological polar surface area (TPSA) is 111 Å². The van der Waals surface area contributed by atoms with Crippen LogP contribution < -0.4 is 16.4 Å². The first-order chi connectivity index (χ1) is 15.8. The lowest BCUT2D eigenvalue weighted by Crippen LogP contribution is -2.42. The zero-order valence-electron chi connectivity index (χ0n) is 18.2. The SMILES string of the molecule is CCn1nc(C(=O)NNC(=O)c2ccc(-n3nc(C)c(Cl)c3C)cc2)c2ccccc2c1=O. The minimum Gasteiger partial charge on any atom is -0.267 e. The fourth-order valence-electron chi connectivity index (χ4n) is 3.49. The van der Waals surface area contributed by atoms with Gasteiger partial charge in [0.05, 0.1) is 27.5 Å². The molecule has 0 aliphatic rings. The summed E-state index contributed by atoms with van der Waals surface area (Å²) in [4.78, 5) is 37.7. The quantitative estimate of drug-likeness (QED) is 0.451. The first kappa shape index (κ1) is 22.2. The zero-order chi connectivity index (χ0) is 23.7. The van der Waals surface area contributed by atoms with E-state index in [0.717, 1.165) is 11.4 Å². The third-order valence-electron chi connectivity index (χ3n) is 5.25. The van der Waals surface area contributed by atoms with E-state index in [9.17, 15) is 14.4 Å². The number of aryl methyl sites for hydroxylation is 2. The summed E-state index contributed by atoms with van der Waals surface area (Å²) in [5.41, 5.74) is 7.13. The lowest BCUT2D eigenvalue weighted by molar-refractivity contribution is 0.0843. The van der Waals surface area contributed by atoms with Crippen molar-refractivity contribution in [3.63, 3.8) is 0 Å². The van der Waals surface area contributed by atoms with Gasteiger partial charge in [0.25, 0.3) is 17.4 Å². The molecule has 2 N–H and O–H groups in total. The molecule has 0 bridgehead atoms. The van der Waals surface area contributed by atoms with Gasteiger partial charge >= 0.3 is 0 Å². The summed E-state index contributed by atoms with van der Waals surface area (Å²) < 4.78 is 2.91. The molecule has 2 heterocycles. The van der Waals surface area contributed by atoms with Crippen molar-refractivity contribution < 1.29 is 9.59 Å². The number of nitrogens with one attached hydrogen (secondary N) is 2. The molecular weight excluding hydrogens is 444 g/mol. The molecule has 0 atom stereocenters. The summed E-state index contributed by atoms with van der Waals surface area (Å²) in [5.74, 6) is -1.13. The number of hydrazine groups is 1. The molecule has 0 radical (unpaired) electrons. The highest BCUT2D eigenvalue weighted by Gasteiger charge is 2.17.